The molecule has 0 saturated heterocycles. The molecule has 5 heteroatoms. The van der Waals surface area contributed by atoms with Gasteiger partial charge < -0.3 is 9.73 Å². The van der Waals surface area contributed by atoms with Crippen LogP contribution in [0.1, 0.15) is 31.2 Å². The summed E-state index contributed by atoms with van der Waals surface area (Å²) in [6, 6.07) is 9.41. The van der Waals surface area contributed by atoms with Gasteiger partial charge in [0.1, 0.15) is 11.6 Å². The first-order valence-corrected chi connectivity index (χ1v) is 6.88. The molecular weight excluding hydrogens is 271 g/mol. The van der Waals surface area contributed by atoms with E-state index >= 15 is 0 Å². The SMILES string of the molecule is CC(N[C@H](C)c1cccc(F)c1)C(=O)NCc1ccco1. The molecule has 0 fully saturated rings. The number of amides is 1. The summed E-state index contributed by atoms with van der Waals surface area (Å²) in [5.74, 6) is 0.291. The van der Waals surface area contributed by atoms with Crippen molar-refractivity contribution in [2.45, 2.75) is 32.5 Å². The highest BCUT2D eigenvalue weighted by Gasteiger charge is 2.16. The molecule has 2 N–H and O–H groups in total. The third-order valence-corrected chi connectivity index (χ3v) is 3.26. The van der Waals surface area contributed by atoms with E-state index in [0.717, 1.165) is 5.56 Å². The van der Waals surface area contributed by atoms with E-state index in [-0.39, 0.29) is 17.8 Å². The van der Waals surface area contributed by atoms with E-state index in [4.69, 9.17) is 4.42 Å². The Bertz CT molecular complexity index is 584. The van der Waals surface area contributed by atoms with Gasteiger partial charge in [-0.15, -0.1) is 0 Å². The lowest BCUT2D eigenvalue weighted by atomic mass is 10.1. The van der Waals surface area contributed by atoms with Crippen LogP contribution in [0.25, 0.3) is 0 Å². The molecule has 1 heterocycles. The first kappa shape index (κ1) is 15.3. The smallest absolute Gasteiger partial charge is 0.237 e. The average molecular weight is 290 g/mol. The van der Waals surface area contributed by atoms with E-state index in [1.807, 2.05) is 13.0 Å². The molecule has 0 radical (unpaired) electrons. The fourth-order valence-corrected chi connectivity index (χ4v) is 2.06. The highest BCUT2D eigenvalue weighted by atomic mass is 19.1. The van der Waals surface area contributed by atoms with Crippen LogP contribution in [0, 0.1) is 5.82 Å². The van der Waals surface area contributed by atoms with Crippen LogP contribution in [0.3, 0.4) is 0 Å². The molecule has 112 valence electrons. The number of carbonyl (C=O) groups is 1. The maximum Gasteiger partial charge on any atom is 0.237 e. The molecule has 1 amide bonds. The van der Waals surface area contributed by atoms with Crippen LogP contribution >= 0.6 is 0 Å². The minimum Gasteiger partial charge on any atom is -0.467 e. The van der Waals surface area contributed by atoms with Crippen molar-refractivity contribution < 1.29 is 13.6 Å². The lowest BCUT2D eigenvalue weighted by Gasteiger charge is -2.19. The van der Waals surface area contributed by atoms with Crippen molar-refractivity contribution >= 4 is 5.91 Å². The van der Waals surface area contributed by atoms with Crippen LogP contribution in [0.4, 0.5) is 4.39 Å². The number of carbonyl (C=O) groups excluding carboxylic acids is 1. The van der Waals surface area contributed by atoms with Crippen molar-refractivity contribution in [1.82, 2.24) is 10.6 Å². The monoisotopic (exact) mass is 290 g/mol. The van der Waals surface area contributed by atoms with E-state index < -0.39 is 6.04 Å². The Kier molecular flexibility index (Phi) is 5.11. The van der Waals surface area contributed by atoms with Gasteiger partial charge in [0.25, 0.3) is 0 Å². The molecule has 0 spiro atoms. The highest BCUT2D eigenvalue weighted by Crippen LogP contribution is 2.14. The first-order chi connectivity index (χ1) is 10.1. The maximum absolute atomic E-state index is 13.2. The number of nitrogens with one attached hydrogen (secondary N) is 2. The minimum atomic E-state index is -0.391. The summed E-state index contributed by atoms with van der Waals surface area (Å²) in [4.78, 5) is 12.0. The standard InChI is InChI=1S/C16H19FN2O2/c1-11(13-5-3-6-14(17)9-13)19-12(2)16(20)18-10-15-7-4-8-21-15/h3-9,11-12,19H,10H2,1-2H3,(H,18,20)/t11-,12?/m1/s1. The van der Waals surface area contributed by atoms with Crippen molar-refractivity contribution in [2.75, 3.05) is 0 Å². The Balaban J connectivity index is 1.85. The first-order valence-electron chi connectivity index (χ1n) is 6.88. The average Bonchev–Trinajstić information content (AvgIpc) is 2.97. The van der Waals surface area contributed by atoms with Crippen LogP contribution < -0.4 is 10.6 Å². The van der Waals surface area contributed by atoms with Crippen LogP contribution in [0.2, 0.25) is 0 Å². The number of furan rings is 1. The summed E-state index contributed by atoms with van der Waals surface area (Å²) >= 11 is 0. The zero-order valence-electron chi connectivity index (χ0n) is 12.1. The van der Waals surface area contributed by atoms with Gasteiger partial charge in [-0.05, 0) is 43.7 Å². The second-order valence-electron chi connectivity index (χ2n) is 4.96. The topological polar surface area (TPSA) is 54.3 Å². The fourth-order valence-electron chi connectivity index (χ4n) is 2.06. The van der Waals surface area contributed by atoms with E-state index in [9.17, 15) is 9.18 Å². The molecule has 21 heavy (non-hydrogen) atoms. The molecule has 0 aliphatic carbocycles. The predicted molar refractivity (Wildman–Crippen MR) is 78.0 cm³/mol. The van der Waals surface area contributed by atoms with E-state index in [2.05, 4.69) is 10.6 Å². The van der Waals surface area contributed by atoms with E-state index in [1.165, 1.54) is 12.1 Å². The van der Waals surface area contributed by atoms with Gasteiger partial charge in [0.15, 0.2) is 0 Å². The molecule has 0 aliphatic rings. The van der Waals surface area contributed by atoms with Gasteiger partial charge in [0, 0.05) is 6.04 Å². The molecule has 1 aromatic heterocycles. The van der Waals surface area contributed by atoms with Crippen LogP contribution in [-0.4, -0.2) is 11.9 Å². The predicted octanol–water partition coefficient (Wildman–Crippen LogP) is 2.77. The number of benzene rings is 1. The number of rotatable bonds is 6. The van der Waals surface area contributed by atoms with Gasteiger partial charge in [-0.2, -0.15) is 0 Å². The lowest BCUT2D eigenvalue weighted by Crippen LogP contribution is -2.42. The van der Waals surface area contributed by atoms with Crippen LogP contribution in [0.5, 0.6) is 0 Å². The Morgan fingerprint density at radius 2 is 2.10 bits per heavy atom. The van der Waals surface area contributed by atoms with Gasteiger partial charge >= 0.3 is 0 Å². The van der Waals surface area contributed by atoms with Gasteiger partial charge in [-0.25, -0.2) is 4.39 Å². The summed E-state index contributed by atoms with van der Waals surface area (Å²) in [5, 5.41) is 5.93. The Morgan fingerprint density at radius 3 is 2.76 bits per heavy atom. The maximum atomic E-state index is 13.2. The van der Waals surface area contributed by atoms with E-state index in [0.29, 0.717) is 12.3 Å². The number of hydrogen-bond donors (Lipinski definition) is 2. The van der Waals surface area contributed by atoms with Gasteiger partial charge in [0.05, 0.1) is 18.8 Å². The quantitative estimate of drug-likeness (QED) is 0.860. The molecule has 1 aromatic carbocycles. The third-order valence-electron chi connectivity index (χ3n) is 3.26. The molecule has 2 aromatic rings. The van der Waals surface area contributed by atoms with Crippen molar-refractivity contribution in [3.05, 3.63) is 59.8 Å². The normalized spacial score (nSPS) is 13.7. The van der Waals surface area contributed by atoms with Crippen molar-refractivity contribution in [1.29, 1.82) is 0 Å². The zero-order valence-corrected chi connectivity index (χ0v) is 12.1. The summed E-state index contributed by atoms with van der Waals surface area (Å²) in [7, 11) is 0. The number of halogens is 1. The molecule has 0 bridgehead atoms. The largest absolute Gasteiger partial charge is 0.467 e. The van der Waals surface area contributed by atoms with Gasteiger partial charge in [-0.3, -0.25) is 10.1 Å². The Morgan fingerprint density at radius 1 is 1.29 bits per heavy atom. The second-order valence-corrected chi connectivity index (χ2v) is 4.96. The molecule has 0 saturated carbocycles. The molecular formula is C16H19FN2O2. The Hall–Kier alpha value is -2.14. The third kappa shape index (κ3) is 4.43. The Labute approximate surface area is 123 Å². The summed E-state index contributed by atoms with van der Waals surface area (Å²) in [5.41, 5.74) is 0.806. The molecule has 2 atom stereocenters. The van der Waals surface area contributed by atoms with E-state index in [1.54, 1.807) is 31.4 Å². The summed E-state index contributed by atoms with van der Waals surface area (Å²) in [6.45, 7) is 4.02. The van der Waals surface area contributed by atoms with Gasteiger partial charge in [0.2, 0.25) is 5.91 Å². The number of hydrogen-bond acceptors (Lipinski definition) is 3. The van der Waals surface area contributed by atoms with Gasteiger partial charge in [-0.1, -0.05) is 12.1 Å². The summed E-state index contributed by atoms with van der Waals surface area (Å²) < 4.78 is 18.3. The molecule has 2 rings (SSSR count). The molecule has 0 aliphatic heterocycles. The van der Waals surface area contributed by atoms with Crippen LogP contribution in [0.15, 0.2) is 47.1 Å². The minimum absolute atomic E-state index is 0.120. The van der Waals surface area contributed by atoms with Crippen molar-refractivity contribution in [2.24, 2.45) is 0 Å². The lowest BCUT2D eigenvalue weighted by molar-refractivity contribution is -0.123. The van der Waals surface area contributed by atoms with Crippen molar-refractivity contribution in [3.8, 4) is 0 Å². The molecule has 4 nitrogen and oxygen atoms in total. The van der Waals surface area contributed by atoms with Crippen molar-refractivity contribution in [3.63, 3.8) is 0 Å². The summed E-state index contributed by atoms with van der Waals surface area (Å²) in [6.07, 6.45) is 1.56. The fraction of sp³-hybridized carbons (Fsp3) is 0.312. The zero-order chi connectivity index (χ0) is 15.2. The van der Waals surface area contributed by atoms with Crippen LogP contribution in [-0.2, 0) is 11.3 Å². The molecule has 1 unspecified atom stereocenters. The highest BCUT2D eigenvalue weighted by molar-refractivity contribution is 5.81. The second kappa shape index (κ2) is 7.04.